The zero-order valence-corrected chi connectivity index (χ0v) is 15.5. The molecule has 2 rings (SSSR count). The monoisotopic (exact) mass is 384 g/mol. The van der Waals surface area contributed by atoms with Crippen molar-refractivity contribution in [3.8, 4) is 0 Å². The van der Waals surface area contributed by atoms with Gasteiger partial charge in [-0.25, -0.2) is 0 Å². The average molecular weight is 385 g/mol. The van der Waals surface area contributed by atoms with E-state index in [0.717, 1.165) is 77.0 Å². The Hall–Kier alpha value is 0.1000. The summed E-state index contributed by atoms with van der Waals surface area (Å²) >= 11 is -4.39. The highest BCUT2D eigenvalue weighted by molar-refractivity contribution is 7.74. The molecule has 0 radical (unpaired) electrons. The summed E-state index contributed by atoms with van der Waals surface area (Å²) < 4.78 is 48.9. The first kappa shape index (κ1) is 20.4. The second-order valence-corrected chi connectivity index (χ2v) is 8.31. The van der Waals surface area contributed by atoms with Crippen molar-refractivity contribution >= 4 is 22.7 Å². The second kappa shape index (κ2) is 9.16. The first-order valence-electron chi connectivity index (χ1n) is 8.64. The van der Waals surface area contributed by atoms with Crippen LogP contribution in [0.25, 0.3) is 0 Å². The highest BCUT2D eigenvalue weighted by Gasteiger charge is 2.46. The average Bonchev–Trinajstić information content (AvgIpc) is 3.39. The van der Waals surface area contributed by atoms with Gasteiger partial charge in [-0.05, 0) is 51.4 Å². The van der Waals surface area contributed by atoms with Crippen LogP contribution in [0.1, 0.15) is 77.0 Å². The van der Waals surface area contributed by atoms with Crippen LogP contribution in [0.4, 0.5) is 0 Å². The van der Waals surface area contributed by atoms with Gasteiger partial charge in [-0.15, -0.1) is 0 Å². The van der Waals surface area contributed by atoms with Gasteiger partial charge in [0.05, 0.1) is 17.3 Å². The van der Waals surface area contributed by atoms with Gasteiger partial charge in [0, 0.05) is 0 Å². The Kier molecular flexibility index (Phi) is 7.79. The third-order valence-corrected chi connectivity index (χ3v) is 5.94. The quantitative estimate of drug-likeness (QED) is 0.312. The number of aliphatic hydroxyl groups is 1. The molecule has 2 fully saturated rings. The van der Waals surface area contributed by atoms with Gasteiger partial charge in [0.1, 0.15) is 0 Å². The molecule has 0 spiro atoms. The molecule has 9 heteroatoms. The van der Waals surface area contributed by atoms with E-state index >= 15 is 0 Å². The maximum atomic E-state index is 10.7. The number of aliphatic hydroxyl groups excluding tert-OH is 1. The van der Waals surface area contributed by atoms with Crippen molar-refractivity contribution in [1.82, 2.24) is 0 Å². The Balaban J connectivity index is 1.46. The predicted octanol–water partition coefficient (Wildman–Crippen LogP) is 2.84. The van der Waals surface area contributed by atoms with Crippen molar-refractivity contribution < 1.29 is 31.0 Å². The third kappa shape index (κ3) is 7.55. The van der Waals surface area contributed by atoms with E-state index in [2.05, 4.69) is 0 Å². The fourth-order valence-corrected chi connectivity index (χ4v) is 4.23. The van der Waals surface area contributed by atoms with Crippen LogP contribution in [0.15, 0.2) is 0 Å². The number of hydrogen-bond acceptors (Lipinski definition) is 5. The molecule has 0 amide bonds. The van der Waals surface area contributed by atoms with Crippen LogP contribution in [-0.2, 0) is 31.1 Å². The maximum Gasteiger partial charge on any atom is 0.302 e. The van der Waals surface area contributed by atoms with E-state index in [9.17, 15) is 13.5 Å². The zero-order valence-electron chi connectivity index (χ0n) is 13.9. The summed E-state index contributed by atoms with van der Waals surface area (Å²) in [4.78, 5) is 0. The molecular weight excluding hydrogens is 356 g/mol. The van der Waals surface area contributed by atoms with Gasteiger partial charge in [0.2, 0.25) is 0 Å². The van der Waals surface area contributed by atoms with Crippen LogP contribution in [-0.4, -0.2) is 39.9 Å². The minimum Gasteiger partial charge on any atom is -0.393 e. The van der Waals surface area contributed by atoms with Crippen LogP contribution in [0.2, 0.25) is 0 Å². The maximum absolute atomic E-state index is 10.7. The fourth-order valence-electron chi connectivity index (χ4n) is 3.13. The standard InChI is InChI=1S/C15H28O7S2/c16-13(5-1-3-7-14(9-10-14)21-23(17)18)6-2-4-8-15(11-12-15)22-24(19)20/h13,16H,1-12H2,(H,17,18)(H,19,20). The van der Waals surface area contributed by atoms with Crippen molar-refractivity contribution in [2.45, 2.75) is 94.4 Å². The molecule has 24 heavy (non-hydrogen) atoms. The van der Waals surface area contributed by atoms with E-state index in [-0.39, 0.29) is 6.10 Å². The van der Waals surface area contributed by atoms with E-state index in [0.29, 0.717) is 0 Å². The van der Waals surface area contributed by atoms with Crippen molar-refractivity contribution in [3.05, 3.63) is 0 Å². The normalized spacial score (nSPS) is 24.3. The molecule has 0 heterocycles. The Morgan fingerprint density at radius 2 is 1.17 bits per heavy atom. The summed E-state index contributed by atoms with van der Waals surface area (Å²) in [6.45, 7) is 0. The highest BCUT2D eigenvalue weighted by atomic mass is 32.2. The minimum atomic E-state index is -2.19. The Morgan fingerprint density at radius 1 is 0.792 bits per heavy atom. The van der Waals surface area contributed by atoms with Gasteiger partial charge in [0.15, 0.2) is 0 Å². The SMILES string of the molecule is O=S(O)OC1(CCCCC(O)CCCCC2(OS(=O)O)CC2)CC1. The molecule has 2 unspecified atom stereocenters. The highest BCUT2D eigenvalue weighted by Crippen LogP contribution is 2.45. The lowest BCUT2D eigenvalue weighted by Gasteiger charge is -2.15. The first-order chi connectivity index (χ1) is 11.3. The fraction of sp³-hybridized carbons (Fsp3) is 1.00. The molecule has 0 aromatic rings. The van der Waals surface area contributed by atoms with Crippen LogP contribution in [0.3, 0.4) is 0 Å². The lowest BCUT2D eigenvalue weighted by Crippen LogP contribution is -2.16. The van der Waals surface area contributed by atoms with Gasteiger partial charge >= 0.3 is 22.7 Å². The van der Waals surface area contributed by atoms with E-state index in [1.54, 1.807) is 0 Å². The van der Waals surface area contributed by atoms with Gasteiger partial charge in [0.25, 0.3) is 0 Å². The molecule has 0 aliphatic heterocycles. The molecular formula is C15H28O7S2. The summed E-state index contributed by atoms with van der Waals surface area (Å²) in [5.41, 5.74) is -0.786. The lowest BCUT2D eigenvalue weighted by atomic mass is 10.0. The van der Waals surface area contributed by atoms with Crippen molar-refractivity contribution in [1.29, 1.82) is 0 Å². The zero-order chi connectivity index (χ0) is 17.6. The second-order valence-electron chi connectivity index (χ2n) is 7.11. The molecule has 0 aromatic heterocycles. The molecule has 0 bridgehead atoms. The molecule has 3 N–H and O–H groups in total. The topological polar surface area (TPSA) is 113 Å². The molecule has 2 atom stereocenters. The molecule has 2 saturated carbocycles. The van der Waals surface area contributed by atoms with Crippen molar-refractivity contribution in [3.63, 3.8) is 0 Å². The van der Waals surface area contributed by atoms with Crippen LogP contribution in [0, 0.1) is 0 Å². The van der Waals surface area contributed by atoms with Crippen LogP contribution < -0.4 is 0 Å². The van der Waals surface area contributed by atoms with Gasteiger partial charge < -0.3 is 5.11 Å². The largest absolute Gasteiger partial charge is 0.393 e. The molecule has 0 aromatic carbocycles. The molecule has 2 aliphatic carbocycles. The van der Waals surface area contributed by atoms with Crippen LogP contribution >= 0.6 is 0 Å². The molecule has 2 aliphatic rings. The van der Waals surface area contributed by atoms with E-state index in [1.165, 1.54) is 0 Å². The first-order valence-corrected chi connectivity index (χ1v) is 10.7. The van der Waals surface area contributed by atoms with Gasteiger partial charge in [-0.1, -0.05) is 25.7 Å². The summed E-state index contributed by atoms with van der Waals surface area (Å²) in [5, 5.41) is 9.99. The summed E-state index contributed by atoms with van der Waals surface area (Å²) in [6, 6.07) is 0. The smallest absolute Gasteiger partial charge is 0.302 e. The molecule has 0 saturated heterocycles. The van der Waals surface area contributed by atoms with Crippen molar-refractivity contribution in [2.24, 2.45) is 0 Å². The lowest BCUT2D eigenvalue weighted by molar-refractivity contribution is 0.133. The predicted molar refractivity (Wildman–Crippen MR) is 90.6 cm³/mol. The minimum absolute atomic E-state index is 0.337. The van der Waals surface area contributed by atoms with Gasteiger partial charge in [-0.3, -0.25) is 17.5 Å². The number of rotatable bonds is 14. The van der Waals surface area contributed by atoms with E-state index in [1.807, 2.05) is 0 Å². The Bertz CT molecular complexity index is 409. The molecule has 7 nitrogen and oxygen atoms in total. The molecule has 142 valence electrons. The van der Waals surface area contributed by atoms with E-state index in [4.69, 9.17) is 17.5 Å². The van der Waals surface area contributed by atoms with Crippen molar-refractivity contribution in [2.75, 3.05) is 0 Å². The summed E-state index contributed by atoms with van der Waals surface area (Å²) in [7, 11) is 0. The number of unbranched alkanes of at least 4 members (excludes halogenated alkanes) is 2. The van der Waals surface area contributed by atoms with Gasteiger partial charge in [-0.2, -0.15) is 8.42 Å². The summed E-state index contributed by atoms with van der Waals surface area (Å²) in [6.07, 6.45) is 9.51. The third-order valence-electron chi connectivity index (χ3n) is 4.95. The Morgan fingerprint density at radius 3 is 1.46 bits per heavy atom. The van der Waals surface area contributed by atoms with E-state index < -0.39 is 33.9 Å². The Labute approximate surface area is 148 Å². The number of hydrogen-bond donors (Lipinski definition) is 3. The van der Waals surface area contributed by atoms with Crippen LogP contribution in [0.5, 0.6) is 0 Å². The summed E-state index contributed by atoms with van der Waals surface area (Å²) in [5.74, 6) is 0.